The Bertz CT molecular complexity index is 720. The molecule has 2 rings (SSSR count). The average molecular weight is 347 g/mol. The molecule has 0 unspecified atom stereocenters. The zero-order chi connectivity index (χ0) is 18.1. The van der Waals surface area contributed by atoms with Gasteiger partial charge in [-0.3, -0.25) is 4.99 Å². The first-order chi connectivity index (χ1) is 12.1. The van der Waals surface area contributed by atoms with E-state index in [1.807, 2.05) is 13.0 Å². The van der Waals surface area contributed by atoms with Crippen molar-refractivity contribution in [2.24, 2.45) is 4.99 Å². The van der Waals surface area contributed by atoms with Crippen molar-refractivity contribution in [1.82, 2.24) is 10.6 Å². The third-order valence-electron chi connectivity index (χ3n) is 3.62. The fraction of sp³-hybridized carbons (Fsp3) is 0.316. The normalized spacial score (nSPS) is 11.4. The van der Waals surface area contributed by atoms with Gasteiger partial charge in [-0.25, -0.2) is 8.78 Å². The summed E-state index contributed by atoms with van der Waals surface area (Å²) in [6.45, 7) is 3.65. The Kier molecular flexibility index (Phi) is 7.19. The number of phenols is 1. The summed E-state index contributed by atoms with van der Waals surface area (Å²) in [6, 6.07) is 10.5. The first-order valence-electron chi connectivity index (χ1n) is 8.32. The van der Waals surface area contributed by atoms with Crippen molar-refractivity contribution in [2.45, 2.75) is 19.8 Å². The number of aromatic hydroxyl groups is 1. The molecule has 0 saturated heterocycles. The van der Waals surface area contributed by atoms with Crippen molar-refractivity contribution in [3.8, 4) is 5.75 Å². The Morgan fingerprint density at radius 1 is 1.08 bits per heavy atom. The van der Waals surface area contributed by atoms with Gasteiger partial charge in [-0.15, -0.1) is 0 Å². The van der Waals surface area contributed by atoms with Gasteiger partial charge in [0.1, 0.15) is 17.4 Å². The molecule has 0 aliphatic rings. The van der Waals surface area contributed by atoms with Crippen LogP contribution in [0.2, 0.25) is 0 Å². The highest BCUT2D eigenvalue weighted by atomic mass is 19.1. The number of benzene rings is 2. The van der Waals surface area contributed by atoms with Gasteiger partial charge >= 0.3 is 0 Å². The number of nitrogens with zero attached hydrogens (tertiary/aromatic N) is 1. The minimum atomic E-state index is -0.448. The van der Waals surface area contributed by atoms with Crippen molar-refractivity contribution in [1.29, 1.82) is 0 Å². The lowest BCUT2D eigenvalue weighted by Crippen LogP contribution is -2.38. The molecule has 0 bridgehead atoms. The summed E-state index contributed by atoms with van der Waals surface area (Å²) in [4.78, 5) is 4.38. The summed E-state index contributed by atoms with van der Waals surface area (Å²) in [5, 5.41) is 15.8. The summed E-state index contributed by atoms with van der Waals surface area (Å²) in [7, 11) is 0. The van der Waals surface area contributed by atoms with E-state index in [1.54, 1.807) is 18.2 Å². The molecular formula is C19H23F2N3O. The van der Waals surface area contributed by atoms with E-state index in [-0.39, 0.29) is 5.75 Å². The Hall–Kier alpha value is -2.63. The molecule has 0 fully saturated rings. The second kappa shape index (κ2) is 9.61. The van der Waals surface area contributed by atoms with Crippen LogP contribution in [0.25, 0.3) is 0 Å². The zero-order valence-corrected chi connectivity index (χ0v) is 14.2. The Balaban J connectivity index is 1.86. The molecule has 2 aromatic carbocycles. The number of hydrogen-bond acceptors (Lipinski definition) is 2. The Morgan fingerprint density at radius 3 is 2.68 bits per heavy atom. The van der Waals surface area contributed by atoms with Gasteiger partial charge < -0.3 is 15.7 Å². The molecule has 4 nitrogen and oxygen atoms in total. The van der Waals surface area contributed by atoms with Gasteiger partial charge in [0.05, 0.1) is 0 Å². The standard InChI is InChI=1S/C19H23F2N3O/c1-2-22-19(23-10-8-14-4-3-5-17(25)12-14)24-11-9-15-13-16(20)6-7-18(15)21/h3-7,12-13,25H,2,8-11H2,1H3,(H2,22,23,24). The fourth-order valence-corrected chi connectivity index (χ4v) is 2.40. The second-order valence-corrected chi connectivity index (χ2v) is 5.59. The molecule has 2 aromatic rings. The van der Waals surface area contributed by atoms with Crippen LogP contribution in [0.5, 0.6) is 5.75 Å². The maximum atomic E-state index is 13.6. The maximum absolute atomic E-state index is 13.6. The van der Waals surface area contributed by atoms with Crippen molar-refractivity contribution in [3.63, 3.8) is 0 Å². The van der Waals surface area contributed by atoms with Crippen molar-refractivity contribution < 1.29 is 13.9 Å². The highest BCUT2D eigenvalue weighted by molar-refractivity contribution is 5.79. The number of halogens is 2. The van der Waals surface area contributed by atoms with Crippen molar-refractivity contribution in [3.05, 3.63) is 65.2 Å². The molecule has 0 atom stereocenters. The number of phenolic OH excluding ortho intramolecular Hbond substituents is 1. The smallest absolute Gasteiger partial charge is 0.191 e. The SMILES string of the molecule is CCNC(=NCCc1cc(F)ccc1F)NCCc1cccc(O)c1. The molecule has 0 radical (unpaired) electrons. The fourth-order valence-electron chi connectivity index (χ4n) is 2.40. The van der Waals surface area contributed by atoms with Crippen LogP contribution in [0.1, 0.15) is 18.1 Å². The van der Waals surface area contributed by atoms with E-state index in [2.05, 4.69) is 15.6 Å². The van der Waals surface area contributed by atoms with Crippen LogP contribution < -0.4 is 10.6 Å². The lowest BCUT2D eigenvalue weighted by atomic mass is 10.1. The summed E-state index contributed by atoms with van der Waals surface area (Å²) >= 11 is 0. The van der Waals surface area contributed by atoms with Crippen LogP contribution in [0.15, 0.2) is 47.5 Å². The molecular weight excluding hydrogens is 324 g/mol. The van der Waals surface area contributed by atoms with Gasteiger partial charge in [-0.2, -0.15) is 0 Å². The summed E-state index contributed by atoms with van der Waals surface area (Å²) in [5.41, 5.74) is 1.34. The molecule has 0 aromatic heterocycles. The molecule has 6 heteroatoms. The number of aliphatic imine (C=N–C) groups is 1. The summed E-state index contributed by atoms with van der Waals surface area (Å²) in [5.74, 6) is 0.00429. The third-order valence-corrected chi connectivity index (χ3v) is 3.62. The van der Waals surface area contributed by atoms with Gasteiger partial charge in [-0.05, 0) is 61.2 Å². The summed E-state index contributed by atoms with van der Waals surface area (Å²) < 4.78 is 26.8. The molecule has 0 saturated carbocycles. The van der Waals surface area contributed by atoms with E-state index in [0.717, 1.165) is 24.1 Å². The van der Waals surface area contributed by atoms with Crippen LogP contribution in [0, 0.1) is 11.6 Å². The molecule has 0 heterocycles. The molecule has 0 aliphatic carbocycles. The van der Waals surface area contributed by atoms with Gasteiger partial charge in [0.15, 0.2) is 5.96 Å². The van der Waals surface area contributed by atoms with Crippen LogP contribution in [-0.4, -0.2) is 30.7 Å². The minimum Gasteiger partial charge on any atom is -0.508 e. The van der Waals surface area contributed by atoms with E-state index < -0.39 is 11.6 Å². The highest BCUT2D eigenvalue weighted by Gasteiger charge is 2.04. The lowest BCUT2D eigenvalue weighted by Gasteiger charge is -2.11. The lowest BCUT2D eigenvalue weighted by molar-refractivity contribution is 0.474. The molecule has 25 heavy (non-hydrogen) atoms. The van der Waals surface area contributed by atoms with Crippen molar-refractivity contribution >= 4 is 5.96 Å². The number of hydrogen-bond donors (Lipinski definition) is 3. The topological polar surface area (TPSA) is 56.7 Å². The zero-order valence-electron chi connectivity index (χ0n) is 14.2. The average Bonchev–Trinajstić information content (AvgIpc) is 2.58. The molecule has 0 spiro atoms. The Labute approximate surface area is 146 Å². The van der Waals surface area contributed by atoms with E-state index in [9.17, 15) is 13.9 Å². The predicted molar refractivity (Wildman–Crippen MR) is 95.9 cm³/mol. The molecule has 0 amide bonds. The van der Waals surface area contributed by atoms with Gasteiger partial charge in [0.2, 0.25) is 0 Å². The van der Waals surface area contributed by atoms with Gasteiger partial charge in [-0.1, -0.05) is 12.1 Å². The molecule has 0 aliphatic heterocycles. The third kappa shape index (κ3) is 6.41. The number of nitrogens with one attached hydrogen (secondary N) is 2. The van der Waals surface area contributed by atoms with E-state index >= 15 is 0 Å². The minimum absolute atomic E-state index is 0.246. The van der Waals surface area contributed by atoms with Crippen LogP contribution in [0.4, 0.5) is 8.78 Å². The van der Waals surface area contributed by atoms with E-state index in [4.69, 9.17) is 0 Å². The first kappa shape index (κ1) is 18.7. The van der Waals surface area contributed by atoms with Crippen LogP contribution >= 0.6 is 0 Å². The van der Waals surface area contributed by atoms with Crippen molar-refractivity contribution in [2.75, 3.05) is 19.6 Å². The number of guanidine groups is 1. The van der Waals surface area contributed by atoms with Crippen LogP contribution in [-0.2, 0) is 12.8 Å². The van der Waals surface area contributed by atoms with Gasteiger partial charge in [0.25, 0.3) is 0 Å². The monoisotopic (exact) mass is 347 g/mol. The summed E-state index contributed by atoms with van der Waals surface area (Å²) in [6.07, 6.45) is 1.06. The first-order valence-corrected chi connectivity index (χ1v) is 8.32. The molecule has 134 valence electrons. The van der Waals surface area contributed by atoms with Gasteiger partial charge in [0, 0.05) is 19.6 Å². The largest absolute Gasteiger partial charge is 0.508 e. The second-order valence-electron chi connectivity index (χ2n) is 5.59. The molecule has 3 N–H and O–H groups in total. The maximum Gasteiger partial charge on any atom is 0.191 e. The van der Waals surface area contributed by atoms with Crippen LogP contribution in [0.3, 0.4) is 0 Å². The predicted octanol–water partition coefficient (Wildman–Crippen LogP) is 3.01. The number of rotatable bonds is 7. The van der Waals surface area contributed by atoms with E-state index in [1.165, 1.54) is 6.07 Å². The Morgan fingerprint density at radius 2 is 1.92 bits per heavy atom. The quantitative estimate of drug-likeness (QED) is 0.533. The van der Waals surface area contributed by atoms with E-state index in [0.29, 0.717) is 37.6 Å². The highest BCUT2D eigenvalue weighted by Crippen LogP contribution is 2.11.